The standard InChI is InChI=1S/C20H23N3O2/c1-14-4-3-5-16(12-14)15-6-8-17(9-7-15)22-18(24)19(25)23-20(2)10-11-21-13-20/h3-9,12,21H,10-11,13H2,1-2H3,(H,22,24)(H,23,25). The Bertz CT molecular complexity index is 778. The van der Waals surface area contributed by atoms with Crippen LogP contribution in [0.15, 0.2) is 48.5 Å². The molecule has 2 amide bonds. The van der Waals surface area contributed by atoms with Gasteiger partial charge in [0.25, 0.3) is 0 Å². The van der Waals surface area contributed by atoms with Gasteiger partial charge in [-0.05, 0) is 50.1 Å². The normalized spacial score (nSPS) is 19.4. The third-order valence-electron chi connectivity index (χ3n) is 4.48. The second-order valence-corrected chi connectivity index (χ2v) is 6.84. The van der Waals surface area contributed by atoms with Crippen molar-refractivity contribution in [2.75, 3.05) is 18.4 Å². The number of amides is 2. The van der Waals surface area contributed by atoms with Crippen molar-refractivity contribution in [2.45, 2.75) is 25.8 Å². The van der Waals surface area contributed by atoms with Crippen LogP contribution in [0.4, 0.5) is 5.69 Å². The maximum Gasteiger partial charge on any atom is 0.313 e. The molecule has 0 bridgehead atoms. The van der Waals surface area contributed by atoms with Crippen molar-refractivity contribution in [3.63, 3.8) is 0 Å². The maximum atomic E-state index is 12.1. The average molecular weight is 337 g/mol. The van der Waals surface area contributed by atoms with Gasteiger partial charge in [-0.15, -0.1) is 0 Å². The Balaban J connectivity index is 1.63. The number of hydrogen-bond acceptors (Lipinski definition) is 3. The number of carbonyl (C=O) groups excluding carboxylic acids is 2. The van der Waals surface area contributed by atoms with Crippen molar-refractivity contribution in [2.24, 2.45) is 0 Å². The first-order valence-corrected chi connectivity index (χ1v) is 8.47. The SMILES string of the molecule is Cc1cccc(-c2ccc(NC(=O)C(=O)NC3(C)CCNC3)cc2)c1. The van der Waals surface area contributed by atoms with E-state index < -0.39 is 11.8 Å². The van der Waals surface area contributed by atoms with E-state index in [1.54, 1.807) is 0 Å². The molecular formula is C20H23N3O2. The molecule has 25 heavy (non-hydrogen) atoms. The van der Waals surface area contributed by atoms with Crippen LogP contribution in [-0.2, 0) is 9.59 Å². The lowest BCUT2D eigenvalue weighted by Gasteiger charge is -2.23. The molecule has 1 aliphatic heterocycles. The fourth-order valence-corrected chi connectivity index (χ4v) is 3.01. The zero-order valence-corrected chi connectivity index (χ0v) is 14.6. The summed E-state index contributed by atoms with van der Waals surface area (Å²) in [5.74, 6) is -1.25. The first kappa shape index (κ1) is 17.2. The number of hydrogen-bond donors (Lipinski definition) is 3. The first-order chi connectivity index (χ1) is 12.0. The maximum absolute atomic E-state index is 12.1. The molecule has 1 atom stereocenters. The second kappa shape index (κ2) is 7.07. The first-order valence-electron chi connectivity index (χ1n) is 8.47. The summed E-state index contributed by atoms with van der Waals surface area (Å²) >= 11 is 0. The molecule has 5 nitrogen and oxygen atoms in total. The summed E-state index contributed by atoms with van der Waals surface area (Å²) in [7, 11) is 0. The van der Waals surface area contributed by atoms with Gasteiger partial charge < -0.3 is 16.0 Å². The minimum atomic E-state index is -0.642. The predicted molar refractivity (Wildman–Crippen MR) is 99.3 cm³/mol. The van der Waals surface area contributed by atoms with Gasteiger partial charge in [-0.1, -0.05) is 42.0 Å². The lowest BCUT2D eigenvalue weighted by atomic mass is 10.0. The Morgan fingerprint density at radius 3 is 2.44 bits per heavy atom. The van der Waals surface area contributed by atoms with E-state index in [1.807, 2.05) is 43.3 Å². The largest absolute Gasteiger partial charge is 0.341 e. The van der Waals surface area contributed by atoms with E-state index in [2.05, 4.69) is 35.0 Å². The average Bonchev–Trinajstić information content (AvgIpc) is 3.01. The molecule has 3 N–H and O–H groups in total. The molecule has 5 heteroatoms. The molecule has 1 unspecified atom stereocenters. The number of rotatable bonds is 3. The summed E-state index contributed by atoms with van der Waals surface area (Å²) in [6.07, 6.45) is 0.817. The van der Waals surface area contributed by atoms with E-state index in [0.29, 0.717) is 12.2 Å². The summed E-state index contributed by atoms with van der Waals surface area (Å²) in [5.41, 5.74) is 3.63. The molecule has 2 aromatic rings. The summed E-state index contributed by atoms with van der Waals surface area (Å²) in [5, 5.41) is 8.64. The van der Waals surface area contributed by atoms with Crippen LogP contribution in [0.3, 0.4) is 0 Å². The van der Waals surface area contributed by atoms with E-state index in [4.69, 9.17) is 0 Å². The summed E-state index contributed by atoms with van der Waals surface area (Å²) in [4.78, 5) is 24.2. The Hall–Kier alpha value is -2.66. The van der Waals surface area contributed by atoms with Crippen LogP contribution in [0.5, 0.6) is 0 Å². The van der Waals surface area contributed by atoms with Crippen LogP contribution in [-0.4, -0.2) is 30.4 Å². The van der Waals surface area contributed by atoms with Gasteiger partial charge in [-0.25, -0.2) is 0 Å². The van der Waals surface area contributed by atoms with Crippen LogP contribution in [0.1, 0.15) is 18.9 Å². The molecule has 0 aromatic heterocycles. The molecule has 0 aliphatic carbocycles. The molecule has 1 aliphatic rings. The molecule has 1 fully saturated rings. The van der Waals surface area contributed by atoms with E-state index in [-0.39, 0.29) is 5.54 Å². The number of nitrogens with one attached hydrogen (secondary N) is 3. The molecule has 0 radical (unpaired) electrons. The lowest BCUT2D eigenvalue weighted by molar-refractivity contribution is -0.137. The molecule has 2 aromatic carbocycles. The number of benzene rings is 2. The minimum Gasteiger partial charge on any atom is -0.341 e. The van der Waals surface area contributed by atoms with Crippen molar-refractivity contribution < 1.29 is 9.59 Å². The van der Waals surface area contributed by atoms with Crippen molar-refractivity contribution in [1.29, 1.82) is 0 Å². The van der Waals surface area contributed by atoms with E-state index >= 15 is 0 Å². The Morgan fingerprint density at radius 1 is 1.04 bits per heavy atom. The van der Waals surface area contributed by atoms with Gasteiger partial charge in [-0.3, -0.25) is 9.59 Å². The van der Waals surface area contributed by atoms with Crippen molar-refractivity contribution in [3.8, 4) is 11.1 Å². The fourth-order valence-electron chi connectivity index (χ4n) is 3.01. The third kappa shape index (κ3) is 4.25. The van der Waals surface area contributed by atoms with Gasteiger partial charge in [0.2, 0.25) is 0 Å². The van der Waals surface area contributed by atoms with Crippen molar-refractivity contribution in [1.82, 2.24) is 10.6 Å². The topological polar surface area (TPSA) is 70.2 Å². The smallest absolute Gasteiger partial charge is 0.313 e. The number of aryl methyl sites for hydroxylation is 1. The van der Waals surface area contributed by atoms with Crippen LogP contribution in [0.2, 0.25) is 0 Å². The van der Waals surface area contributed by atoms with Gasteiger partial charge in [0.15, 0.2) is 0 Å². The van der Waals surface area contributed by atoms with E-state index in [0.717, 1.165) is 24.1 Å². The van der Waals surface area contributed by atoms with Crippen molar-refractivity contribution >= 4 is 17.5 Å². The fraction of sp³-hybridized carbons (Fsp3) is 0.300. The second-order valence-electron chi connectivity index (χ2n) is 6.84. The van der Waals surface area contributed by atoms with Crippen LogP contribution in [0, 0.1) is 6.92 Å². The van der Waals surface area contributed by atoms with Gasteiger partial charge in [0.05, 0.1) is 5.54 Å². The van der Waals surface area contributed by atoms with Gasteiger partial charge in [0.1, 0.15) is 0 Å². The highest BCUT2D eigenvalue weighted by atomic mass is 16.2. The van der Waals surface area contributed by atoms with E-state index in [1.165, 1.54) is 5.56 Å². The number of anilines is 1. The Morgan fingerprint density at radius 2 is 1.80 bits per heavy atom. The molecule has 0 spiro atoms. The Kier molecular flexibility index (Phi) is 4.86. The molecule has 0 saturated carbocycles. The zero-order chi connectivity index (χ0) is 17.9. The van der Waals surface area contributed by atoms with Crippen LogP contribution in [0.25, 0.3) is 11.1 Å². The van der Waals surface area contributed by atoms with Crippen LogP contribution < -0.4 is 16.0 Å². The third-order valence-corrected chi connectivity index (χ3v) is 4.48. The molecular weight excluding hydrogens is 314 g/mol. The molecule has 3 rings (SSSR count). The van der Waals surface area contributed by atoms with Gasteiger partial charge in [0, 0.05) is 12.2 Å². The van der Waals surface area contributed by atoms with Crippen LogP contribution >= 0.6 is 0 Å². The molecule has 130 valence electrons. The highest BCUT2D eigenvalue weighted by Crippen LogP contribution is 2.22. The highest BCUT2D eigenvalue weighted by molar-refractivity contribution is 6.39. The minimum absolute atomic E-state index is 0.358. The highest BCUT2D eigenvalue weighted by Gasteiger charge is 2.32. The molecule has 1 heterocycles. The van der Waals surface area contributed by atoms with Gasteiger partial charge >= 0.3 is 11.8 Å². The lowest BCUT2D eigenvalue weighted by Crippen LogP contribution is -2.51. The van der Waals surface area contributed by atoms with E-state index in [9.17, 15) is 9.59 Å². The quantitative estimate of drug-likeness (QED) is 0.754. The summed E-state index contributed by atoms with van der Waals surface area (Å²) in [6.45, 7) is 5.52. The zero-order valence-electron chi connectivity index (χ0n) is 14.6. The summed E-state index contributed by atoms with van der Waals surface area (Å²) in [6, 6.07) is 15.7. The Labute approximate surface area is 147 Å². The van der Waals surface area contributed by atoms with Gasteiger partial charge in [-0.2, -0.15) is 0 Å². The molecule has 1 saturated heterocycles. The monoisotopic (exact) mass is 337 g/mol. The predicted octanol–water partition coefficient (Wildman–Crippen LogP) is 2.47. The summed E-state index contributed by atoms with van der Waals surface area (Å²) < 4.78 is 0. The van der Waals surface area contributed by atoms with Crippen molar-refractivity contribution in [3.05, 3.63) is 54.1 Å². The number of carbonyl (C=O) groups is 2.